The maximum atomic E-state index is 2.50. The summed E-state index contributed by atoms with van der Waals surface area (Å²) < 4.78 is 7.63. The van der Waals surface area contributed by atoms with Gasteiger partial charge in [-0.25, -0.2) is 0 Å². The molecule has 2 nitrogen and oxygen atoms in total. The van der Waals surface area contributed by atoms with Crippen molar-refractivity contribution in [3.05, 3.63) is 206 Å². The molecule has 3 aromatic heterocycles. The molecule has 0 bridgehead atoms. The number of benzene rings is 9. The van der Waals surface area contributed by atoms with Gasteiger partial charge < -0.3 is 9.13 Å². The van der Waals surface area contributed by atoms with Gasteiger partial charge in [-0.1, -0.05) is 158 Å². The molecule has 12 rings (SSSR count). The van der Waals surface area contributed by atoms with Crippen molar-refractivity contribution in [1.29, 1.82) is 0 Å². The van der Waals surface area contributed by atoms with Crippen LogP contribution in [0, 0.1) is 0 Å². The minimum absolute atomic E-state index is 1.14. The fourth-order valence-corrected chi connectivity index (χ4v) is 10.4. The third kappa shape index (κ3) is 4.89. The third-order valence-corrected chi connectivity index (χ3v) is 12.9. The van der Waals surface area contributed by atoms with Crippen LogP contribution in [-0.2, 0) is 0 Å². The normalized spacial score (nSPS) is 11.9. The lowest BCUT2D eigenvalue weighted by Crippen LogP contribution is -1.99. The van der Waals surface area contributed by atoms with Crippen molar-refractivity contribution in [2.24, 2.45) is 0 Å². The molecule has 266 valence electrons. The summed E-state index contributed by atoms with van der Waals surface area (Å²) in [6, 6.07) is 75.6. The highest BCUT2D eigenvalue weighted by Crippen LogP contribution is 2.47. The van der Waals surface area contributed by atoms with Gasteiger partial charge in [-0.2, -0.15) is 0 Å². The molecule has 0 spiro atoms. The van der Waals surface area contributed by atoms with Crippen LogP contribution in [0.15, 0.2) is 206 Å². The van der Waals surface area contributed by atoms with Gasteiger partial charge in [0.05, 0.1) is 22.1 Å². The highest BCUT2D eigenvalue weighted by molar-refractivity contribution is 7.26. The first kappa shape index (κ1) is 32.1. The van der Waals surface area contributed by atoms with Crippen LogP contribution in [0.25, 0.3) is 109 Å². The maximum absolute atomic E-state index is 2.50. The minimum atomic E-state index is 1.14. The highest BCUT2D eigenvalue weighted by Gasteiger charge is 2.24. The van der Waals surface area contributed by atoms with Crippen molar-refractivity contribution < 1.29 is 0 Å². The topological polar surface area (TPSA) is 9.86 Å². The number of nitrogens with zero attached hydrogens (tertiary/aromatic N) is 2. The summed E-state index contributed by atoms with van der Waals surface area (Å²) in [5, 5.41) is 7.63. The standard InChI is InChI=1S/C54H34N2S/c1-3-14-35(15-4-1)36-26-28-38(29-27-36)51-52-46(42-18-7-10-23-48(42)55(52)39-16-5-2-6-17-39)34-47-43-19-8-11-24-49(43)56(53(47)51)40-32-30-37(31-33-40)41-21-13-22-45-44-20-9-12-25-50(44)57-54(41)45/h1-34H. The van der Waals surface area contributed by atoms with Crippen LogP contribution in [0.3, 0.4) is 0 Å². The molecule has 0 atom stereocenters. The Morgan fingerprint density at radius 1 is 0.316 bits per heavy atom. The Morgan fingerprint density at radius 2 is 0.807 bits per heavy atom. The second-order valence-electron chi connectivity index (χ2n) is 14.9. The van der Waals surface area contributed by atoms with Gasteiger partial charge in [-0.05, 0) is 76.3 Å². The van der Waals surface area contributed by atoms with E-state index >= 15 is 0 Å². The quantitative estimate of drug-likeness (QED) is 0.166. The first-order valence-electron chi connectivity index (χ1n) is 19.5. The van der Waals surface area contributed by atoms with Crippen LogP contribution in [0.1, 0.15) is 0 Å². The van der Waals surface area contributed by atoms with E-state index < -0.39 is 0 Å². The zero-order valence-corrected chi connectivity index (χ0v) is 31.7. The smallest absolute Gasteiger partial charge is 0.0641 e. The van der Waals surface area contributed by atoms with Crippen molar-refractivity contribution in [3.8, 4) is 44.8 Å². The monoisotopic (exact) mass is 742 g/mol. The summed E-state index contributed by atoms with van der Waals surface area (Å²) in [6.07, 6.45) is 0. The summed E-state index contributed by atoms with van der Waals surface area (Å²) in [7, 11) is 0. The average molecular weight is 743 g/mol. The van der Waals surface area contributed by atoms with Crippen molar-refractivity contribution in [1.82, 2.24) is 9.13 Å². The molecular formula is C54H34N2S. The minimum Gasteiger partial charge on any atom is -0.309 e. The Hall–Kier alpha value is -7.20. The van der Waals surface area contributed by atoms with Gasteiger partial charge in [0, 0.05) is 58.7 Å². The molecule has 57 heavy (non-hydrogen) atoms. The first-order chi connectivity index (χ1) is 28.3. The van der Waals surface area contributed by atoms with E-state index in [4.69, 9.17) is 0 Å². The van der Waals surface area contributed by atoms with Crippen LogP contribution in [0.5, 0.6) is 0 Å². The molecule has 0 amide bonds. The Balaban J connectivity index is 1.17. The molecule has 0 fully saturated rings. The van der Waals surface area contributed by atoms with Crippen molar-refractivity contribution in [2.45, 2.75) is 0 Å². The number of hydrogen-bond donors (Lipinski definition) is 0. The Morgan fingerprint density at radius 3 is 1.47 bits per heavy atom. The first-order valence-corrected chi connectivity index (χ1v) is 20.3. The van der Waals surface area contributed by atoms with E-state index in [2.05, 4.69) is 215 Å². The van der Waals surface area contributed by atoms with E-state index in [0.717, 1.165) is 11.4 Å². The largest absolute Gasteiger partial charge is 0.309 e. The van der Waals surface area contributed by atoms with Crippen LogP contribution in [0.4, 0.5) is 0 Å². The molecule has 0 unspecified atom stereocenters. The Kier molecular flexibility index (Phi) is 7.13. The second kappa shape index (κ2) is 12.7. The summed E-state index contributed by atoms with van der Waals surface area (Å²) in [4.78, 5) is 0. The lowest BCUT2D eigenvalue weighted by Gasteiger charge is -2.17. The van der Waals surface area contributed by atoms with Crippen molar-refractivity contribution in [2.75, 3.05) is 0 Å². The molecule has 3 heterocycles. The number of para-hydroxylation sites is 3. The fraction of sp³-hybridized carbons (Fsp3) is 0. The molecule has 0 N–H and O–H groups in total. The van der Waals surface area contributed by atoms with Crippen LogP contribution < -0.4 is 0 Å². The van der Waals surface area contributed by atoms with E-state index in [9.17, 15) is 0 Å². The zero-order chi connectivity index (χ0) is 37.5. The lowest BCUT2D eigenvalue weighted by atomic mass is 9.95. The van der Waals surface area contributed by atoms with Gasteiger partial charge >= 0.3 is 0 Å². The van der Waals surface area contributed by atoms with Crippen LogP contribution >= 0.6 is 11.3 Å². The predicted octanol–water partition coefficient (Wildman–Crippen LogP) is 15.2. The summed E-state index contributed by atoms with van der Waals surface area (Å²) >= 11 is 1.88. The highest BCUT2D eigenvalue weighted by atomic mass is 32.1. The molecule has 0 aliphatic carbocycles. The molecule has 0 aliphatic heterocycles. The average Bonchev–Trinajstić information content (AvgIpc) is 3.94. The van der Waals surface area contributed by atoms with Gasteiger partial charge in [-0.15, -0.1) is 11.3 Å². The summed E-state index contributed by atoms with van der Waals surface area (Å²) in [5.41, 5.74) is 14.4. The number of aromatic nitrogens is 2. The second-order valence-corrected chi connectivity index (χ2v) is 15.9. The van der Waals surface area contributed by atoms with E-state index in [1.54, 1.807) is 0 Å². The van der Waals surface area contributed by atoms with Gasteiger partial charge in [0.25, 0.3) is 0 Å². The number of thiophene rings is 1. The van der Waals surface area contributed by atoms with Crippen molar-refractivity contribution in [3.63, 3.8) is 0 Å². The number of fused-ring (bicyclic) bond motifs is 9. The maximum Gasteiger partial charge on any atom is 0.0641 e. The van der Waals surface area contributed by atoms with Gasteiger partial charge in [0.15, 0.2) is 0 Å². The lowest BCUT2D eigenvalue weighted by molar-refractivity contribution is 1.17. The zero-order valence-electron chi connectivity index (χ0n) is 30.9. The number of rotatable bonds is 5. The molecule has 9 aromatic carbocycles. The van der Waals surface area contributed by atoms with Gasteiger partial charge in [0.1, 0.15) is 0 Å². The van der Waals surface area contributed by atoms with E-state index in [1.807, 2.05) is 11.3 Å². The number of hydrogen-bond acceptors (Lipinski definition) is 1. The summed E-state index contributed by atoms with van der Waals surface area (Å²) in [5.74, 6) is 0. The molecular weight excluding hydrogens is 709 g/mol. The van der Waals surface area contributed by atoms with Crippen molar-refractivity contribution >= 4 is 75.1 Å². The van der Waals surface area contributed by atoms with Crippen LogP contribution in [0.2, 0.25) is 0 Å². The fourth-order valence-electron chi connectivity index (χ4n) is 9.18. The van der Waals surface area contributed by atoms with Gasteiger partial charge in [0.2, 0.25) is 0 Å². The SMILES string of the molecule is c1ccc(-c2ccc(-c3c4c(cc5c6ccccc6n(-c6ccc(-c7cccc8c7sc7ccccc78)cc6)c35)c3ccccc3n4-c3ccccc3)cc2)cc1. The van der Waals surface area contributed by atoms with E-state index in [1.165, 1.54) is 97.2 Å². The molecule has 0 aliphatic rings. The summed E-state index contributed by atoms with van der Waals surface area (Å²) in [6.45, 7) is 0. The molecule has 12 aromatic rings. The molecule has 0 saturated heterocycles. The molecule has 0 saturated carbocycles. The molecule has 3 heteroatoms. The Labute approximate surface area is 333 Å². The van der Waals surface area contributed by atoms with E-state index in [-0.39, 0.29) is 0 Å². The van der Waals surface area contributed by atoms with E-state index in [0.29, 0.717) is 0 Å². The Bertz CT molecular complexity index is 3480. The predicted molar refractivity (Wildman–Crippen MR) is 244 cm³/mol. The third-order valence-electron chi connectivity index (χ3n) is 11.7. The molecule has 0 radical (unpaired) electrons. The van der Waals surface area contributed by atoms with Crippen LogP contribution in [-0.4, -0.2) is 9.13 Å². The van der Waals surface area contributed by atoms with Gasteiger partial charge in [-0.3, -0.25) is 0 Å².